The number of nitrogens with zero attached hydrogens (tertiary/aromatic N) is 4. The van der Waals surface area contributed by atoms with Gasteiger partial charge >= 0.3 is 0 Å². The van der Waals surface area contributed by atoms with Crippen molar-refractivity contribution in [1.82, 2.24) is 24.6 Å². The molecular formula is C29H31FN6O3. The van der Waals surface area contributed by atoms with E-state index in [1.165, 1.54) is 6.07 Å². The number of amides is 1. The van der Waals surface area contributed by atoms with Gasteiger partial charge in [0, 0.05) is 37.5 Å². The van der Waals surface area contributed by atoms with Crippen LogP contribution < -0.4 is 16.0 Å². The highest BCUT2D eigenvalue weighted by Gasteiger charge is 2.28. The number of nitrogens with two attached hydrogens (primary N) is 1. The summed E-state index contributed by atoms with van der Waals surface area (Å²) >= 11 is 0. The largest absolute Gasteiger partial charge is 0.454 e. The number of likely N-dealkylation sites (N-methyl/N-ethyl adjacent to an activating group) is 1. The number of carbonyl (C=O) groups is 1. The van der Waals surface area contributed by atoms with E-state index in [2.05, 4.69) is 10.2 Å². The quantitative estimate of drug-likeness (QED) is 0.347. The lowest BCUT2D eigenvalue weighted by molar-refractivity contribution is -0.127. The molecule has 1 atom stereocenters. The van der Waals surface area contributed by atoms with E-state index in [4.69, 9.17) is 10.5 Å². The molecule has 9 nitrogen and oxygen atoms in total. The molecule has 5 rings (SSSR count). The van der Waals surface area contributed by atoms with Crippen molar-refractivity contribution in [1.29, 1.82) is 0 Å². The van der Waals surface area contributed by atoms with Crippen LogP contribution >= 0.6 is 0 Å². The highest BCUT2D eigenvalue weighted by Crippen LogP contribution is 2.37. The summed E-state index contributed by atoms with van der Waals surface area (Å²) in [6.45, 7) is 1.75. The van der Waals surface area contributed by atoms with Gasteiger partial charge in [-0.1, -0.05) is 30.3 Å². The van der Waals surface area contributed by atoms with E-state index in [0.717, 1.165) is 12.8 Å². The fraction of sp³-hybridized carbons (Fsp3) is 0.276. The SMILES string of the molecule is CN(C)CC=CC(=O)N1CCC[C@@H](n2cc(-c3ccc(Oc4ccccc4)c(F)c3)c3c(N)n[nH]c(=O)c32)C1. The number of H-pyrrole nitrogens is 1. The molecule has 39 heavy (non-hydrogen) atoms. The molecule has 0 aliphatic carbocycles. The first-order valence-corrected chi connectivity index (χ1v) is 12.8. The van der Waals surface area contributed by atoms with Gasteiger partial charge in [0.2, 0.25) is 5.91 Å². The summed E-state index contributed by atoms with van der Waals surface area (Å²) < 4.78 is 22.7. The summed E-state index contributed by atoms with van der Waals surface area (Å²) in [6, 6.07) is 13.5. The Morgan fingerprint density at radius 3 is 2.79 bits per heavy atom. The number of carbonyl (C=O) groups excluding carboxylic acids is 1. The van der Waals surface area contributed by atoms with Crippen molar-refractivity contribution in [2.75, 3.05) is 39.5 Å². The third-order valence-corrected chi connectivity index (χ3v) is 6.83. The maximum atomic E-state index is 15.2. The predicted octanol–water partition coefficient (Wildman–Crippen LogP) is 4.19. The number of aromatic amines is 1. The lowest BCUT2D eigenvalue weighted by Gasteiger charge is -2.33. The number of hydrogen-bond donors (Lipinski definition) is 2. The van der Waals surface area contributed by atoms with E-state index in [1.54, 1.807) is 35.2 Å². The Hall–Kier alpha value is -4.44. The second-order valence-corrected chi connectivity index (χ2v) is 9.92. The fourth-order valence-corrected chi connectivity index (χ4v) is 4.96. The lowest BCUT2D eigenvalue weighted by atomic mass is 10.1. The van der Waals surface area contributed by atoms with Crippen LogP contribution in [0.1, 0.15) is 18.9 Å². The summed E-state index contributed by atoms with van der Waals surface area (Å²) in [5.74, 6) is 0.130. The minimum Gasteiger partial charge on any atom is -0.454 e. The molecule has 3 N–H and O–H groups in total. The van der Waals surface area contributed by atoms with Crippen molar-refractivity contribution in [2.45, 2.75) is 18.9 Å². The number of ether oxygens (including phenoxy) is 1. The molecule has 10 heteroatoms. The van der Waals surface area contributed by atoms with Gasteiger partial charge in [-0.2, -0.15) is 5.10 Å². The molecular weight excluding hydrogens is 499 g/mol. The Morgan fingerprint density at radius 1 is 1.26 bits per heavy atom. The van der Waals surface area contributed by atoms with E-state index in [0.29, 0.717) is 47.4 Å². The monoisotopic (exact) mass is 530 g/mol. The first-order chi connectivity index (χ1) is 18.8. The number of benzene rings is 2. The third-order valence-electron chi connectivity index (χ3n) is 6.83. The Labute approximate surface area is 225 Å². The normalized spacial score (nSPS) is 15.9. The average molecular weight is 531 g/mol. The Morgan fingerprint density at radius 2 is 2.05 bits per heavy atom. The van der Waals surface area contributed by atoms with Gasteiger partial charge in [-0.25, -0.2) is 9.49 Å². The van der Waals surface area contributed by atoms with Crippen LogP contribution in [-0.2, 0) is 4.79 Å². The minimum absolute atomic E-state index is 0.0654. The Bertz CT molecular complexity index is 1580. The number of fused-ring (bicyclic) bond motifs is 1. The van der Waals surface area contributed by atoms with Gasteiger partial charge < -0.3 is 24.8 Å². The minimum atomic E-state index is -0.549. The van der Waals surface area contributed by atoms with Gasteiger partial charge in [-0.3, -0.25) is 9.59 Å². The number of nitrogens with one attached hydrogen (secondary N) is 1. The van der Waals surface area contributed by atoms with Crippen LogP contribution in [0.25, 0.3) is 22.0 Å². The van der Waals surface area contributed by atoms with Crippen molar-refractivity contribution in [3.63, 3.8) is 0 Å². The summed E-state index contributed by atoms with van der Waals surface area (Å²) in [5.41, 5.74) is 7.31. The number of nitrogen functional groups attached to an aromatic ring is 1. The number of hydrogen-bond acceptors (Lipinski definition) is 6. The van der Waals surface area contributed by atoms with Crippen LogP contribution in [0.3, 0.4) is 0 Å². The van der Waals surface area contributed by atoms with Gasteiger partial charge in [0.05, 0.1) is 11.4 Å². The van der Waals surface area contributed by atoms with Gasteiger partial charge in [0.1, 0.15) is 11.3 Å². The van der Waals surface area contributed by atoms with Gasteiger partial charge in [0.15, 0.2) is 17.4 Å². The number of halogens is 1. The standard InChI is InChI=1S/C29H31FN6O3/c1-34(2)14-7-11-25(37)35-15-6-8-20(17-35)36-18-22(26-27(36)29(38)33-32-28(26)31)19-12-13-24(23(30)16-19)39-21-9-4-3-5-10-21/h3-5,7,9-13,16,18,20H,6,8,14-15,17H2,1-2H3,(H2,31,32)(H,33,38)/t20-/m1/s1. The van der Waals surface area contributed by atoms with Gasteiger partial charge in [0.25, 0.3) is 5.56 Å². The molecule has 0 bridgehead atoms. The Kier molecular flexibility index (Phi) is 7.47. The van der Waals surface area contributed by atoms with Gasteiger partial charge in [-0.05, 0) is 56.8 Å². The number of para-hydroxylation sites is 1. The van der Waals surface area contributed by atoms with Crippen LogP contribution in [0.2, 0.25) is 0 Å². The first-order valence-electron chi connectivity index (χ1n) is 12.8. The van der Waals surface area contributed by atoms with Crippen molar-refractivity contribution < 1.29 is 13.9 Å². The van der Waals surface area contributed by atoms with Crippen LogP contribution in [0.15, 0.2) is 71.7 Å². The van der Waals surface area contributed by atoms with Crippen LogP contribution in [0.4, 0.5) is 10.2 Å². The number of anilines is 1. The zero-order valence-electron chi connectivity index (χ0n) is 21.9. The Balaban J connectivity index is 1.49. The molecule has 1 amide bonds. The molecule has 4 aromatic rings. The molecule has 0 saturated carbocycles. The van der Waals surface area contributed by atoms with Crippen molar-refractivity contribution in [3.8, 4) is 22.6 Å². The zero-order chi connectivity index (χ0) is 27.5. The molecule has 0 radical (unpaired) electrons. The van der Waals surface area contributed by atoms with E-state index < -0.39 is 11.4 Å². The van der Waals surface area contributed by atoms with Crippen LogP contribution in [0, 0.1) is 5.82 Å². The third kappa shape index (κ3) is 5.56. The summed E-state index contributed by atoms with van der Waals surface area (Å²) in [5, 5.41) is 6.88. The molecule has 1 aliphatic rings. The smallest absolute Gasteiger partial charge is 0.288 e. The van der Waals surface area contributed by atoms with Crippen molar-refractivity contribution in [3.05, 3.63) is 83.1 Å². The second-order valence-electron chi connectivity index (χ2n) is 9.92. The topological polar surface area (TPSA) is 109 Å². The summed E-state index contributed by atoms with van der Waals surface area (Å²) in [7, 11) is 3.88. The molecule has 2 aromatic heterocycles. The first kappa shape index (κ1) is 26.2. The van der Waals surface area contributed by atoms with E-state index in [9.17, 15) is 9.59 Å². The highest BCUT2D eigenvalue weighted by molar-refractivity contribution is 6.02. The summed E-state index contributed by atoms with van der Waals surface area (Å²) in [4.78, 5) is 29.6. The maximum Gasteiger partial charge on any atom is 0.288 e. The van der Waals surface area contributed by atoms with E-state index >= 15 is 4.39 Å². The highest BCUT2D eigenvalue weighted by atomic mass is 19.1. The molecule has 202 valence electrons. The molecule has 1 saturated heterocycles. The number of piperidine rings is 1. The number of rotatable bonds is 7. The van der Waals surface area contributed by atoms with Crippen LogP contribution in [0.5, 0.6) is 11.5 Å². The molecule has 2 aromatic carbocycles. The molecule has 1 fully saturated rings. The van der Waals surface area contributed by atoms with E-state index in [-0.39, 0.29) is 23.5 Å². The summed E-state index contributed by atoms with van der Waals surface area (Å²) in [6.07, 6.45) is 6.80. The maximum absolute atomic E-state index is 15.2. The molecule has 0 unspecified atom stereocenters. The van der Waals surface area contributed by atoms with Crippen LogP contribution in [-0.4, -0.2) is 64.2 Å². The van der Waals surface area contributed by atoms with E-state index in [1.807, 2.05) is 54.0 Å². The zero-order valence-corrected chi connectivity index (χ0v) is 21.9. The second kappa shape index (κ2) is 11.1. The van der Waals surface area contributed by atoms with Crippen molar-refractivity contribution in [2.24, 2.45) is 0 Å². The molecule has 3 heterocycles. The van der Waals surface area contributed by atoms with Gasteiger partial charge in [-0.15, -0.1) is 0 Å². The predicted molar refractivity (Wildman–Crippen MR) is 149 cm³/mol. The number of likely N-dealkylation sites (tertiary alicyclic amines) is 1. The molecule has 1 aliphatic heterocycles. The van der Waals surface area contributed by atoms with Crippen molar-refractivity contribution >= 4 is 22.6 Å². The average Bonchev–Trinajstić information content (AvgIpc) is 3.34. The lowest BCUT2D eigenvalue weighted by Crippen LogP contribution is -2.40. The number of aromatic nitrogens is 3. The fourth-order valence-electron chi connectivity index (χ4n) is 4.96. The molecule has 0 spiro atoms.